The summed E-state index contributed by atoms with van der Waals surface area (Å²) in [5.74, 6) is 0.863. The molecule has 0 aromatic heterocycles. The van der Waals surface area contributed by atoms with E-state index in [1.807, 2.05) is 60.0 Å². The van der Waals surface area contributed by atoms with Gasteiger partial charge in [0.1, 0.15) is 5.75 Å². The summed E-state index contributed by atoms with van der Waals surface area (Å²) in [7, 11) is 1.66. The fourth-order valence-electron chi connectivity index (χ4n) is 1.58. The van der Waals surface area contributed by atoms with Crippen LogP contribution >= 0.6 is 23.9 Å². The molecule has 2 aromatic rings. The molecule has 0 bridgehead atoms. The second kappa shape index (κ2) is 7.89. The van der Waals surface area contributed by atoms with Crippen LogP contribution in [0.3, 0.4) is 0 Å². The van der Waals surface area contributed by atoms with Gasteiger partial charge in [-0.3, -0.25) is 5.14 Å². The lowest BCUT2D eigenvalue weighted by molar-refractivity contribution is 0.415. The third-order valence-electron chi connectivity index (χ3n) is 2.63. The van der Waals surface area contributed by atoms with Crippen LogP contribution in [0.2, 0.25) is 0 Å². The first-order chi connectivity index (χ1) is 9.83. The van der Waals surface area contributed by atoms with Crippen LogP contribution < -0.4 is 14.6 Å². The van der Waals surface area contributed by atoms with Crippen molar-refractivity contribution in [2.45, 2.75) is 4.90 Å². The van der Waals surface area contributed by atoms with Crippen LogP contribution in [0.15, 0.2) is 58.8 Å². The summed E-state index contributed by atoms with van der Waals surface area (Å²) < 4.78 is 8.38. The van der Waals surface area contributed by atoms with E-state index in [0.717, 1.165) is 21.9 Å². The highest BCUT2D eigenvalue weighted by atomic mass is 32.2. The number of rotatable bonds is 6. The van der Waals surface area contributed by atoms with Crippen LogP contribution in [0.4, 0.5) is 5.69 Å². The number of hydrogen-bond donors (Lipinski definition) is 2. The third kappa shape index (κ3) is 4.23. The monoisotopic (exact) mass is 304 g/mol. The fraction of sp³-hybridized carbons (Fsp3) is 0.0667. The van der Waals surface area contributed by atoms with Gasteiger partial charge in [-0.1, -0.05) is 24.3 Å². The number of hydrogen-bond acceptors (Lipinski definition) is 5. The number of ether oxygens (including phenoxy) is 1. The molecule has 0 heterocycles. The summed E-state index contributed by atoms with van der Waals surface area (Å²) >= 11 is 2.75. The van der Waals surface area contributed by atoms with E-state index in [1.54, 1.807) is 7.11 Å². The molecule has 0 aliphatic heterocycles. The summed E-state index contributed by atoms with van der Waals surface area (Å²) in [6, 6.07) is 15.9. The van der Waals surface area contributed by atoms with Crippen molar-refractivity contribution in [1.82, 2.24) is 0 Å². The number of para-hydroxylation sites is 1. The summed E-state index contributed by atoms with van der Waals surface area (Å²) in [6.45, 7) is 0. The van der Waals surface area contributed by atoms with Crippen molar-refractivity contribution < 1.29 is 4.74 Å². The Bertz CT molecular complexity index is 570. The lowest BCUT2D eigenvalue weighted by Crippen LogP contribution is -1.89. The molecule has 20 heavy (non-hydrogen) atoms. The molecule has 104 valence electrons. The van der Waals surface area contributed by atoms with Gasteiger partial charge in [-0.25, -0.2) is 0 Å². The maximum atomic E-state index is 5.61. The van der Waals surface area contributed by atoms with Crippen LogP contribution in [-0.2, 0) is 0 Å². The molecule has 0 aliphatic carbocycles. The van der Waals surface area contributed by atoms with Crippen molar-refractivity contribution in [2.75, 3.05) is 11.8 Å². The molecule has 2 rings (SSSR count). The summed E-state index contributed by atoms with van der Waals surface area (Å²) in [4.78, 5) is 1.03. The number of nitrogens with two attached hydrogens (primary N) is 1. The fourth-order valence-corrected chi connectivity index (χ4v) is 2.64. The Kier molecular flexibility index (Phi) is 5.86. The van der Waals surface area contributed by atoms with Crippen LogP contribution in [0, 0.1) is 0 Å². The van der Waals surface area contributed by atoms with Crippen LogP contribution in [0.1, 0.15) is 5.56 Å². The van der Waals surface area contributed by atoms with Crippen LogP contribution in [-0.4, -0.2) is 7.11 Å². The average Bonchev–Trinajstić information content (AvgIpc) is 2.52. The second-order valence-corrected chi connectivity index (χ2v) is 5.30. The first-order valence-electron chi connectivity index (χ1n) is 6.01. The molecule has 3 nitrogen and oxygen atoms in total. The van der Waals surface area contributed by atoms with Crippen molar-refractivity contribution in [1.29, 1.82) is 0 Å². The highest BCUT2D eigenvalue weighted by Gasteiger charge is 1.98. The van der Waals surface area contributed by atoms with Crippen molar-refractivity contribution in [3.8, 4) is 5.75 Å². The lowest BCUT2D eigenvalue weighted by atomic mass is 10.2. The van der Waals surface area contributed by atoms with E-state index in [2.05, 4.69) is 4.72 Å². The maximum Gasteiger partial charge on any atom is 0.118 e. The van der Waals surface area contributed by atoms with E-state index in [1.165, 1.54) is 23.9 Å². The van der Waals surface area contributed by atoms with Crippen molar-refractivity contribution in [3.05, 3.63) is 59.5 Å². The smallest absolute Gasteiger partial charge is 0.118 e. The zero-order chi connectivity index (χ0) is 14.2. The number of benzene rings is 2. The summed E-state index contributed by atoms with van der Waals surface area (Å²) in [6.07, 6.45) is 2.04. The minimum absolute atomic E-state index is 0.863. The van der Waals surface area contributed by atoms with Crippen molar-refractivity contribution in [2.24, 2.45) is 5.14 Å². The van der Waals surface area contributed by atoms with Gasteiger partial charge in [-0.15, -0.1) is 0 Å². The van der Waals surface area contributed by atoms with Crippen LogP contribution in [0.25, 0.3) is 6.08 Å². The molecule has 0 spiro atoms. The molecule has 0 aliphatic rings. The molecule has 0 saturated carbocycles. The number of anilines is 1. The molecule has 0 saturated heterocycles. The number of nitrogens with one attached hydrogen (secondary N) is 1. The number of methoxy groups -OCH3 is 1. The van der Waals surface area contributed by atoms with Gasteiger partial charge in [0.2, 0.25) is 0 Å². The SMILES string of the molecule is COc1ccc(/C=C/SNc2ccccc2SN)cc1. The maximum absolute atomic E-state index is 5.61. The molecule has 0 unspecified atom stereocenters. The Balaban J connectivity index is 1.90. The predicted octanol–water partition coefficient (Wildman–Crippen LogP) is 4.39. The van der Waals surface area contributed by atoms with Gasteiger partial charge >= 0.3 is 0 Å². The first-order valence-corrected chi connectivity index (χ1v) is 7.77. The van der Waals surface area contributed by atoms with Gasteiger partial charge in [-0.2, -0.15) is 0 Å². The van der Waals surface area contributed by atoms with Gasteiger partial charge < -0.3 is 9.46 Å². The molecule has 3 N–H and O–H groups in total. The van der Waals surface area contributed by atoms with Gasteiger partial charge in [0.25, 0.3) is 0 Å². The summed E-state index contributed by atoms with van der Waals surface area (Å²) in [5, 5.41) is 7.61. The van der Waals surface area contributed by atoms with Crippen LogP contribution in [0.5, 0.6) is 5.75 Å². The highest BCUT2D eigenvalue weighted by molar-refractivity contribution is 8.03. The quantitative estimate of drug-likeness (QED) is 0.775. The zero-order valence-corrected chi connectivity index (χ0v) is 12.7. The second-order valence-electron chi connectivity index (χ2n) is 3.91. The molecule has 2 aromatic carbocycles. The van der Waals surface area contributed by atoms with Crippen molar-refractivity contribution in [3.63, 3.8) is 0 Å². The predicted molar refractivity (Wildman–Crippen MR) is 89.7 cm³/mol. The lowest BCUT2D eigenvalue weighted by Gasteiger charge is -2.06. The van der Waals surface area contributed by atoms with E-state index in [0.29, 0.717) is 0 Å². The Morgan fingerprint density at radius 2 is 1.85 bits per heavy atom. The standard InChI is InChI=1S/C15H16N2OS2/c1-18-13-8-6-12(7-9-13)10-11-19-17-14-4-2-3-5-15(14)20-16/h2-11,17H,16H2,1H3/b11-10+. The Morgan fingerprint density at radius 1 is 1.10 bits per heavy atom. The molecule has 0 atom stereocenters. The average molecular weight is 304 g/mol. The topological polar surface area (TPSA) is 47.3 Å². The molecule has 0 amide bonds. The van der Waals surface area contributed by atoms with E-state index in [4.69, 9.17) is 9.88 Å². The van der Waals surface area contributed by atoms with Crippen molar-refractivity contribution >= 4 is 35.7 Å². The van der Waals surface area contributed by atoms with Gasteiger partial charge in [0.05, 0.1) is 12.8 Å². The minimum Gasteiger partial charge on any atom is -0.497 e. The van der Waals surface area contributed by atoms with E-state index in [9.17, 15) is 0 Å². The van der Waals surface area contributed by atoms with E-state index < -0.39 is 0 Å². The molecule has 0 radical (unpaired) electrons. The van der Waals surface area contributed by atoms with E-state index in [-0.39, 0.29) is 0 Å². The largest absolute Gasteiger partial charge is 0.497 e. The zero-order valence-electron chi connectivity index (χ0n) is 11.1. The first kappa shape index (κ1) is 14.8. The minimum atomic E-state index is 0.863. The Morgan fingerprint density at radius 3 is 2.55 bits per heavy atom. The molecular formula is C15H16N2OS2. The van der Waals surface area contributed by atoms with E-state index >= 15 is 0 Å². The van der Waals surface area contributed by atoms with Gasteiger partial charge in [0, 0.05) is 4.90 Å². The summed E-state index contributed by atoms with van der Waals surface area (Å²) in [5.41, 5.74) is 2.14. The highest BCUT2D eigenvalue weighted by Crippen LogP contribution is 2.25. The van der Waals surface area contributed by atoms with Gasteiger partial charge in [-0.05, 0) is 65.2 Å². The normalized spacial score (nSPS) is 10.7. The molecule has 0 fully saturated rings. The molecular weight excluding hydrogens is 288 g/mol. The third-order valence-corrected chi connectivity index (χ3v) is 3.85. The Labute approximate surface area is 127 Å². The Hall–Kier alpha value is -1.56. The van der Waals surface area contributed by atoms with Gasteiger partial charge in [0.15, 0.2) is 0 Å². The molecule has 5 heteroatoms.